The van der Waals surface area contributed by atoms with Crippen molar-refractivity contribution in [1.29, 1.82) is 0 Å². The normalized spacial score (nSPS) is 11.4. The topological polar surface area (TPSA) is 87.1 Å². The summed E-state index contributed by atoms with van der Waals surface area (Å²) < 4.78 is 23.8. The molecule has 0 spiro atoms. The zero-order chi connectivity index (χ0) is 18.5. The van der Waals surface area contributed by atoms with Crippen LogP contribution in [0.15, 0.2) is 57.4 Å². The third kappa shape index (κ3) is 4.41. The van der Waals surface area contributed by atoms with E-state index in [1.807, 2.05) is 5.38 Å². The van der Waals surface area contributed by atoms with Crippen molar-refractivity contribution in [3.63, 3.8) is 0 Å². The molecule has 2 heterocycles. The van der Waals surface area contributed by atoms with Crippen LogP contribution in [-0.2, 0) is 11.4 Å². The van der Waals surface area contributed by atoms with Crippen LogP contribution in [0.3, 0.4) is 0 Å². The molecule has 2 N–H and O–H groups in total. The molecule has 0 aliphatic rings. The second-order valence-corrected chi connectivity index (χ2v) is 6.32. The van der Waals surface area contributed by atoms with E-state index in [2.05, 4.69) is 5.16 Å². The second-order valence-electron chi connectivity index (χ2n) is 4.96. The van der Waals surface area contributed by atoms with Gasteiger partial charge in [0, 0.05) is 0 Å². The standard InChI is InChI=1S/C17H12ClFN2O4S/c18-12-8-10(19)3-5-13(12)23-9-11-4-6-14(24-11)17(22)25-21-16(20)15-2-1-7-26-15/h1-8H,9H2,(H2,20,21). The van der Waals surface area contributed by atoms with Gasteiger partial charge in [0.25, 0.3) is 0 Å². The monoisotopic (exact) mass is 394 g/mol. The molecule has 2 aromatic heterocycles. The van der Waals surface area contributed by atoms with Gasteiger partial charge in [-0.1, -0.05) is 22.8 Å². The molecular formula is C17H12ClFN2O4S. The molecule has 1 aromatic carbocycles. The molecular weight excluding hydrogens is 383 g/mol. The Morgan fingerprint density at radius 3 is 2.88 bits per heavy atom. The molecule has 6 nitrogen and oxygen atoms in total. The lowest BCUT2D eigenvalue weighted by Gasteiger charge is -2.06. The van der Waals surface area contributed by atoms with E-state index in [0.717, 1.165) is 6.07 Å². The summed E-state index contributed by atoms with van der Waals surface area (Å²) in [6.45, 7) is -0.000759. The Morgan fingerprint density at radius 1 is 1.31 bits per heavy atom. The number of furan rings is 1. The summed E-state index contributed by atoms with van der Waals surface area (Å²) in [5.41, 5.74) is 5.70. The average molecular weight is 395 g/mol. The lowest BCUT2D eigenvalue weighted by Crippen LogP contribution is -2.13. The molecule has 0 aliphatic heterocycles. The number of rotatable bonds is 6. The van der Waals surface area contributed by atoms with Crippen molar-refractivity contribution in [2.45, 2.75) is 6.61 Å². The molecule has 3 rings (SSSR count). The number of nitrogens with two attached hydrogens (primary N) is 1. The van der Waals surface area contributed by atoms with Crippen LogP contribution >= 0.6 is 22.9 Å². The Bertz CT molecular complexity index is 940. The van der Waals surface area contributed by atoms with Crippen LogP contribution in [0, 0.1) is 5.82 Å². The van der Waals surface area contributed by atoms with Crippen LogP contribution in [0.2, 0.25) is 5.02 Å². The van der Waals surface area contributed by atoms with Gasteiger partial charge in [-0.25, -0.2) is 9.18 Å². The van der Waals surface area contributed by atoms with E-state index in [0.29, 0.717) is 16.4 Å². The van der Waals surface area contributed by atoms with Crippen molar-refractivity contribution in [2.24, 2.45) is 10.9 Å². The zero-order valence-electron chi connectivity index (χ0n) is 13.1. The summed E-state index contributed by atoms with van der Waals surface area (Å²) in [5.74, 6) is -0.580. The number of hydrogen-bond acceptors (Lipinski definition) is 6. The van der Waals surface area contributed by atoms with E-state index in [1.165, 1.54) is 29.5 Å². The number of nitrogens with zero attached hydrogens (tertiary/aromatic N) is 1. The summed E-state index contributed by atoms with van der Waals surface area (Å²) in [7, 11) is 0. The van der Waals surface area contributed by atoms with Crippen LogP contribution in [-0.4, -0.2) is 11.8 Å². The van der Waals surface area contributed by atoms with Gasteiger partial charge in [-0.05, 0) is 41.8 Å². The van der Waals surface area contributed by atoms with Crippen molar-refractivity contribution in [3.05, 3.63) is 75.1 Å². The fourth-order valence-corrected chi connectivity index (χ4v) is 2.75. The number of hydrogen-bond donors (Lipinski definition) is 1. The van der Waals surface area contributed by atoms with Crippen LogP contribution in [0.5, 0.6) is 5.75 Å². The first-order chi connectivity index (χ1) is 12.5. The lowest BCUT2D eigenvalue weighted by atomic mass is 10.3. The van der Waals surface area contributed by atoms with Gasteiger partial charge >= 0.3 is 5.97 Å². The minimum absolute atomic E-state index is 0.000759. The highest BCUT2D eigenvalue weighted by Gasteiger charge is 2.14. The molecule has 9 heteroatoms. The third-order valence-corrected chi connectivity index (χ3v) is 4.31. The molecule has 26 heavy (non-hydrogen) atoms. The fraction of sp³-hybridized carbons (Fsp3) is 0.0588. The minimum Gasteiger partial charge on any atom is -0.484 e. The molecule has 0 bridgehead atoms. The van der Waals surface area contributed by atoms with E-state index in [1.54, 1.807) is 18.2 Å². The van der Waals surface area contributed by atoms with Gasteiger partial charge in [0.2, 0.25) is 5.76 Å². The number of thiophene rings is 1. The predicted octanol–water partition coefficient (Wildman–Crippen LogP) is 4.19. The average Bonchev–Trinajstić information content (AvgIpc) is 3.30. The summed E-state index contributed by atoms with van der Waals surface area (Å²) >= 11 is 7.24. The molecule has 3 aromatic rings. The SMILES string of the molecule is N/C(=N\OC(=O)c1ccc(COc2ccc(F)cc2Cl)o1)c1cccs1. The summed E-state index contributed by atoms with van der Waals surface area (Å²) in [4.78, 5) is 17.4. The van der Waals surface area contributed by atoms with Gasteiger partial charge in [-0.15, -0.1) is 11.3 Å². The lowest BCUT2D eigenvalue weighted by molar-refractivity contribution is 0.0475. The van der Waals surface area contributed by atoms with Crippen LogP contribution in [0.1, 0.15) is 21.2 Å². The van der Waals surface area contributed by atoms with E-state index >= 15 is 0 Å². The van der Waals surface area contributed by atoms with E-state index in [-0.39, 0.29) is 23.2 Å². The van der Waals surface area contributed by atoms with Crippen molar-refractivity contribution in [3.8, 4) is 5.75 Å². The zero-order valence-corrected chi connectivity index (χ0v) is 14.7. The van der Waals surface area contributed by atoms with Gasteiger partial charge in [0.1, 0.15) is 23.9 Å². The quantitative estimate of drug-likeness (QED) is 0.293. The maximum atomic E-state index is 13.0. The highest BCUT2D eigenvalue weighted by Crippen LogP contribution is 2.26. The smallest absolute Gasteiger partial charge is 0.400 e. The second kappa shape index (κ2) is 8.03. The highest BCUT2D eigenvalue weighted by atomic mass is 35.5. The first-order valence-corrected chi connectivity index (χ1v) is 8.54. The van der Waals surface area contributed by atoms with Gasteiger partial charge < -0.3 is 19.7 Å². The van der Waals surface area contributed by atoms with Gasteiger partial charge in [0.15, 0.2) is 5.84 Å². The summed E-state index contributed by atoms with van der Waals surface area (Å²) in [5, 5.41) is 5.54. The number of halogens is 2. The largest absolute Gasteiger partial charge is 0.484 e. The Balaban J connectivity index is 1.58. The fourth-order valence-electron chi connectivity index (χ4n) is 1.91. The molecule has 0 atom stereocenters. The maximum Gasteiger partial charge on any atom is 0.400 e. The number of oxime groups is 1. The van der Waals surface area contributed by atoms with Crippen LogP contribution in [0.4, 0.5) is 4.39 Å². The van der Waals surface area contributed by atoms with Crippen molar-refractivity contribution in [2.75, 3.05) is 0 Å². The molecule has 0 fully saturated rings. The van der Waals surface area contributed by atoms with E-state index < -0.39 is 11.8 Å². The minimum atomic E-state index is -0.796. The van der Waals surface area contributed by atoms with Crippen LogP contribution in [0.25, 0.3) is 0 Å². The van der Waals surface area contributed by atoms with E-state index in [9.17, 15) is 9.18 Å². The maximum absolute atomic E-state index is 13.0. The number of carbonyl (C=O) groups is 1. The Morgan fingerprint density at radius 2 is 2.15 bits per heavy atom. The molecule has 134 valence electrons. The molecule has 0 saturated heterocycles. The van der Waals surface area contributed by atoms with Crippen LogP contribution < -0.4 is 10.5 Å². The third-order valence-electron chi connectivity index (χ3n) is 3.13. The van der Waals surface area contributed by atoms with Crippen molar-refractivity contribution < 1.29 is 23.2 Å². The van der Waals surface area contributed by atoms with E-state index in [4.69, 9.17) is 31.3 Å². The number of benzene rings is 1. The summed E-state index contributed by atoms with van der Waals surface area (Å²) in [6.07, 6.45) is 0. The Kier molecular flexibility index (Phi) is 5.55. The molecule has 0 saturated carbocycles. The Hall–Kier alpha value is -2.84. The molecule has 0 radical (unpaired) electrons. The molecule has 0 unspecified atom stereocenters. The van der Waals surface area contributed by atoms with Crippen molar-refractivity contribution >= 4 is 34.7 Å². The predicted molar refractivity (Wildman–Crippen MR) is 94.9 cm³/mol. The van der Waals surface area contributed by atoms with Gasteiger partial charge in [-0.3, -0.25) is 0 Å². The first kappa shape index (κ1) is 18.0. The molecule has 0 amide bonds. The first-order valence-electron chi connectivity index (χ1n) is 7.28. The van der Waals surface area contributed by atoms with Gasteiger partial charge in [-0.2, -0.15) is 0 Å². The number of amidine groups is 1. The highest BCUT2D eigenvalue weighted by molar-refractivity contribution is 7.12. The number of ether oxygens (including phenoxy) is 1. The van der Waals surface area contributed by atoms with Gasteiger partial charge in [0.05, 0.1) is 9.90 Å². The summed E-state index contributed by atoms with van der Waals surface area (Å²) in [6, 6.07) is 10.3. The van der Waals surface area contributed by atoms with Crippen molar-refractivity contribution in [1.82, 2.24) is 0 Å². The Labute approximate surface area is 156 Å². The molecule has 0 aliphatic carbocycles. The number of carbonyl (C=O) groups excluding carboxylic acids is 1.